The maximum atomic E-state index is 11.7. The van der Waals surface area contributed by atoms with Gasteiger partial charge in [0, 0.05) is 21.1 Å². The number of nitrogens with zero attached hydrogens (tertiary/aromatic N) is 3. The van der Waals surface area contributed by atoms with Gasteiger partial charge in [0.15, 0.2) is 11.8 Å². The number of fused-ring (bicyclic) bond motifs is 1. The Labute approximate surface area is 150 Å². The van der Waals surface area contributed by atoms with Crippen LogP contribution < -0.4 is 16.9 Å². The number of ether oxygens (including phenoxy) is 1. The van der Waals surface area contributed by atoms with Gasteiger partial charge in [-0.25, -0.2) is 9.59 Å². The lowest BCUT2D eigenvalue weighted by Gasteiger charge is -2.37. The van der Waals surface area contributed by atoms with Crippen LogP contribution >= 0.6 is 0 Å². The highest BCUT2D eigenvalue weighted by Gasteiger charge is 2.42. The van der Waals surface area contributed by atoms with Gasteiger partial charge in [-0.05, 0) is 0 Å². The summed E-state index contributed by atoms with van der Waals surface area (Å²) in [6.07, 6.45) is -7.04. The van der Waals surface area contributed by atoms with E-state index in [1.807, 2.05) is 0 Å². The number of aromatic nitrogens is 4. The highest BCUT2D eigenvalue weighted by Crippen LogP contribution is 2.18. The van der Waals surface area contributed by atoms with Crippen molar-refractivity contribution < 1.29 is 30.3 Å². The minimum Gasteiger partial charge on any atom is -0.394 e. The Kier molecular flexibility index (Phi) is 6.04. The molecule has 3 rings (SSSR count). The van der Waals surface area contributed by atoms with Crippen LogP contribution in [0.25, 0.3) is 11.2 Å². The Hall–Kier alpha value is -2.29. The summed E-state index contributed by atoms with van der Waals surface area (Å²) in [5, 5.41) is 44.7. The minimum atomic E-state index is -1.57. The van der Waals surface area contributed by atoms with Crippen LogP contribution in [0.1, 0.15) is 0 Å². The van der Waals surface area contributed by atoms with Gasteiger partial charge in [0.05, 0.1) is 6.61 Å². The smallest absolute Gasteiger partial charge is 0.332 e. The molecule has 0 radical (unpaired) electrons. The van der Waals surface area contributed by atoms with E-state index in [0.29, 0.717) is 0 Å². The van der Waals surface area contributed by atoms with Crippen molar-refractivity contribution in [2.24, 2.45) is 21.1 Å². The molecule has 1 unspecified atom stereocenters. The first-order valence-electron chi connectivity index (χ1n) is 7.86. The number of aromatic amines is 1. The molecule has 1 saturated heterocycles. The second kappa shape index (κ2) is 7.75. The number of aliphatic hydroxyl groups is 5. The molecule has 27 heavy (non-hydrogen) atoms. The Bertz CT molecular complexity index is 983. The second-order valence-electron chi connectivity index (χ2n) is 6.11. The van der Waals surface area contributed by atoms with E-state index < -0.39 is 54.3 Å². The van der Waals surface area contributed by atoms with Crippen LogP contribution in [-0.2, 0) is 25.9 Å². The summed E-state index contributed by atoms with van der Waals surface area (Å²) < 4.78 is 7.97. The fourth-order valence-electron chi connectivity index (χ4n) is 2.64. The van der Waals surface area contributed by atoms with Gasteiger partial charge in [-0.15, -0.1) is 0 Å². The molecule has 2 aromatic heterocycles. The first-order valence-corrected chi connectivity index (χ1v) is 7.86. The number of aliphatic hydroxyl groups excluding tert-OH is 5. The molecule has 0 spiro atoms. The summed E-state index contributed by atoms with van der Waals surface area (Å²) in [6, 6.07) is 0. The molecule has 0 amide bonds. The fraction of sp³-hybridized carbons (Fsp3) is 0.643. The molecule has 5 atom stereocenters. The lowest BCUT2D eigenvalue weighted by molar-refractivity contribution is -0.286. The molecule has 0 saturated carbocycles. The molecule has 2 aromatic rings. The van der Waals surface area contributed by atoms with Gasteiger partial charge in [-0.3, -0.25) is 23.5 Å². The SMILES string of the molecule is Cn1c(=O)c2c([nH]c(=O)n2C)n(C)c1=O.OC[C@H]1OC(O)[C@H](O)[C@@H](O)[C@@H]1O. The summed E-state index contributed by atoms with van der Waals surface area (Å²) in [6.45, 7) is -0.526. The van der Waals surface area contributed by atoms with Crippen molar-refractivity contribution in [3.63, 3.8) is 0 Å². The third-order valence-electron chi connectivity index (χ3n) is 4.37. The molecular formula is C14H22N4O9. The van der Waals surface area contributed by atoms with Crippen LogP contribution in [0.5, 0.6) is 0 Å². The molecule has 3 heterocycles. The van der Waals surface area contributed by atoms with Crippen molar-refractivity contribution in [1.29, 1.82) is 0 Å². The van der Waals surface area contributed by atoms with Crippen LogP contribution in [0.2, 0.25) is 0 Å². The number of aryl methyl sites for hydroxylation is 2. The van der Waals surface area contributed by atoms with Crippen LogP contribution in [0.3, 0.4) is 0 Å². The lowest BCUT2D eigenvalue weighted by Crippen LogP contribution is -2.58. The van der Waals surface area contributed by atoms with Gasteiger partial charge in [0.25, 0.3) is 5.56 Å². The average Bonchev–Trinajstić information content (AvgIpc) is 2.95. The summed E-state index contributed by atoms with van der Waals surface area (Å²) in [5.74, 6) is 0. The third-order valence-corrected chi connectivity index (χ3v) is 4.37. The Morgan fingerprint density at radius 3 is 2.07 bits per heavy atom. The quantitative estimate of drug-likeness (QED) is 0.277. The predicted octanol–water partition coefficient (Wildman–Crippen LogP) is -4.96. The number of rotatable bonds is 1. The van der Waals surface area contributed by atoms with E-state index in [2.05, 4.69) is 9.72 Å². The zero-order valence-electron chi connectivity index (χ0n) is 14.8. The molecule has 0 aromatic carbocycles. The number of nitrogens with one attached hydrogen (secondary N) is 1. The topological polar surface area (TPSA) is 192 Å². The molecule has 1 aliphatic heterocycles. The Balaban J connectivity index is 0.000000199. The number of hydrogen-bond acceptors (Lipinski definition) is 9. The highest BCUT2D eigenvalue weighted by atomic mass is 16.6. The van der Waals surface area contributed by atoms with Crippen molar-refractivity contribution >= 4 is 11.2 Å². The first kappa shape index (κ1) is 21.0. The van der Waals surface area contributed by atoms with E-state index in [0.717, 1.165) is 4.57 Å². The monoisotopic (exact) mass is 390 g/mol. The van der Waals surface area contributed by atoms with Gasteiger partial charge < -0.3 is 30.3 Å². The van der Waals surface area contributed by atoms with E-state index in [4.69, 9.17) is 25.5 Å². The fourth-order valence-corrected chi connectivity index (χ4v) is 2.64. The molecule has 1 fully saturated rings. The van der Waals surface area contributed by atoms with Crippen molar-refractivity contribution in [2.45, 2.75) is 30.7 Å². The van der Waals surface area contributed by atoms with E-state index in [-0.39, 0.29) is 11.2 Å². The number of imidazole rings is 1. The summed E-state index contributed by atoms with van der Waals surface area (Å²) in [4.78, 5) is 37.0. The van der Waals surface area contributed by atoms with Gasteiger partial charge in [-0.2, -0.15) is 0 Å². The molecule has 0 aliphatic carbocycles. The van der Waals surface area contributed by atoms with Crippen molar-refractivity contribution in [3.8, 4) is 0 Å². The molecule has 1 aliphatic rings. The Morgan fingerprint density at radius 2 is 1.52 bits per heavy atom. The zero-order valence-corrected chi connectivity index (χ0v) is 14.8. The van der Waals surface area contributed by atoms with Gasteiger partial charge in [0.2, 0.25) is 0 Å². The van der Waals surface area contributed by atoms with Crippen molar-refractivity contribution in [2.75, 3.05) is 6.61 Å². The minimum absolute atomic E-state index is 0.199. The van der Waals surface area contributed by atoms with Crippen LogP contribution in [0.15, 0.2) is 14.4 Å². The summed E-state index contributed by atoms with van der Waals surface area (Å²) in [7, 11) is 4.36. The van der Waals surface area contributed by atoms with Crippen LogP contribution in [-0.4, -0.2) is 81.5 Å². The van der Waals surface area contributed by atoms with E-state index in [1.165, 1.54) is 30.3 Å². The third kappa shape index (κ3) is 3.60. The number of H-pyrrole nitrogens is 1. The Morgan fingerprint density at radius 1 is 0.926 bits per heavy atom. The summed E-state index contributed by atoms with van der Waals surface area (Å²) in [5.41, 5.74) is -0.910. The van der Waals surface area contributed by atoms with E-state index >= 15 is 0 Å². The molecule has 13 heteroatoms. The normalized spacial score (nSPS) is 28.1. The molecule has 6 N–H and O–H groups in total. The number of hydrogen-bond donors (Lipinski definition) is 6. The maximum absolute atomic E-state index is 11.7. The molecular weight excluding hydrogens is 368 g/mol. The average molecular weight is 390 g/mol. The van der Waals surface area contributed by atoms with Crippen LogP contribution in [0, 0.1) is 0 Å². The second-order valence-corrected chi connectivity index (χ2v) is 6.11. The van der Waals surface area contributed by atoms with Crippen molar-refractivity contribution in [1.82, 2.24) is 18.7 Å². The summed E-state index contributed by atoms with van der Waals surface area (Å²) >= 11 is 0. The van der Waals surface area contributed by atoms with Gasteiger partial charge in [-0.1, -0.05) is 0 Å². The van der Waals surface area contributed by atoms with Crippen LogP contribution in [0.4, 0.5) is 0 Å². The first-order chi connectivity index (χ1) is 12.5. The largest absolute Gasteiger partial charge is 0.394 e. The van der Waals surface area contributed by atoms with Gasteiger partial charge in [0.1, 0.15) is 30.1 Å². The zero-order chi connectivity index (χ0) is 20.6. The van der Waals surface area contributed by atoms with Gasteiger partial charge >= 0.3 is 11.4 Å². The lowest BCUT2D eigenvalue weighted by atomic mass is 10.00. The van der Waals surface area contributed by atoms with Crippen molar-refractivity contribution in [3.05, 3.63) is 31.3 Å². The van der Waals surface area contributed by atoms with E-state index in [9.17, 15) is 14.4 Å². The standard InChI is InChI=1S/C8H10N4O3.C6H12O6/c1-10-4-5(9-7(10)14)11(2)8(15)12(3)6(4)13;7-1-2-3(8)4(9)5(10)6(11)12-2/h1-3H3,(H,9,14);2-11H,1H2/t;2-,3-,4+,5-,6?/m.1/s1. The maximum Gasteiger partial charge on any atom is 0.332 e. The molecule has 152 valence electrons. The molecule has 13 nitrogen and oxygen atoms in total. The predicted molar refractivity (Wildman–Crippen MR) is 90.0 cm³/mol. The molecule has 0 bridgehead atoms. The highest BCUT2D eigenvalue weighted by molar-refractivity contribution is 5.69. The van der Waals surface area contributed by atoms with E-state index in [1.54, 1.807) is 0 Å².